The van der Waals surface area contributed by atoms with Crippen molar-refractivity contribution in [2.24, 2.45) is 0 Å². The standard InChI is InChI=1S/C20H19FN2O3/c1-3-23-26-20(24)14-12-22-19(17(14)13-8-5-4-6-9-13)18-15(21)10-7-11-16(18)25-2/h4-12,22-23H,3H2,1-2H3. The number of hydrogen-bond donors (Lipinski definition) is 2. The Morgan fingerprint density at radius 1 is 1.12 bits per heavy atom. The van der Waals surface area contributed by atoms with E-state index in [2.05, 4.69) is 10.5 Å². The summed E-state index contributed by atoms with van der Waals surface area (Å²) >= 11 is 0. The Hall–Kier alpha value is -3.12. The summed E-state index contributed by atoms with van der Waals surface area (Å²) in [5.41, 5.74) is 4.88. The van der Waals surface area contributed by atoms with E-state index in [9.17, 15) is 9.18 Å². The van der Waals surface area contributed by atoms with Gasteiger partial charge in [-0.25, -0.2) is 9.18 Å². The molecule has 0 saturated heterocycles. The van der Waals surface area contributed by atoms with Gasteiger partial charge in [0, 0.05) is 18.3 Å². The number of halogens is 1. The van der Waals surface area contributed by atoms with Crippen LogP contribution < -0.4 is 10.2 Å². The quantitative estimate of drug-likeness (QED) is 0.652. The molecule has 0 amide bonds. The van der Waals surface area contributed by atoms with E-state index >= 15 is 0 Å². The number of carbonyl (C=O) groups excluding carboxylic acids is 1. The van der Waals surface area contributed by atoms with Crippen LogP contribution in [0.2, 0.25) is 0 Å². The second kappa shape index (κ2) is 7.84. The molecule has 0 bridgehead atoms. The maximum Gasteiger partial charge on any atom is 0.359 e. The van der Waals surface area contributed by atoms with Crippen LogP contribution in [0.3, 0.4) is 0 Å². The van der Waals surface area contributed by atoms with Crippen molar-refractivity contribution in [1.82, 2.24) is 10.5 Å². The molecule has 0 spiro atoms. The predicted octanol–water partition coefficient (Wildman–Crippen LogP) is 4.18. The molecule has 3 rings (SSSR count). The van der Waals surface area contributed by atoms with Crippen molar-refractivity contribution in [3.8, 4) is 28.1 Å². The Morgan fingerprint density at radius 2 is 1.88 bits per heavy atom. The maximum absolute atomic E-state index is 14.6. The summed E-state index contributed by atoms with van der Waals surface area (Å²) in [6.07, 6.45) is 1.52. The van der Waals surface area contributed by atoms with E-state index < -0.39 is 11.8 Å². The van der Waals surface area contributed by atoms with Crippen LogP contribution in [0.25, 0.3) is 22.4 Å². The minimum atomic E-state index is -0.552. The van der Waals surface area contributed by atoms with Crippen molar-refractivity contribution in [3.05, 3.63) is 66.1 Å². The van der Waals surface area contributed by atoms with Gasteiger partial charge in [-0.05, 0) is 24.6 Å². The Morgan fingerprint density at radius 3 is 2.58 bits per heavy atom. The van der Waals surface area contributed by atoms with Gasteiger partial charge in [-0.15, -0.1) is 0 Å². The number of methoxy groups -OCH3 is 1. The molecule has 0 aliphatic carbocycles. The minimum absolute atomic E-state index is 0.261. The highest BCUT2D eigenvalue weighted by atomic mass is 19.1. The highest BCUT2D eigenvalue weighted by Crippen LogP contribution is 2.40. The molecule has 0 aliphatic rings. The number of ether oxygens (including phenoxy) is 1. The average molecular weight is 354 g/mol. The lowest BCUT2D eigenvalue weighted by atomic mass is 9.97. The molecule has 26 heavy (non-hydrogen) atoms. The third-order valence-electron chi connectivity index (χ3n) is 3.92. The number of benzene rings is 2. The summed E-state index contributed by atoms with van der Waals surface area (Å²) in [5, 5.41) is 0. The van der Waals surface area contributed by atoms with Gasteiger partial charge in [-0.1, -0.05) is 36.4 Å². The highest BCUT2D eigenvalue weighted by Gasteiger charge is 2.24. The van der Waals surface area contributed by atoms with Crippen LogP contribution in [-0.4, -0.2) is 24.6 Å². The molecule has 0 saturated carbocycles. The Balaban J connectivity index is 2.22. The van der Waals surface area contributed by atoms with E-state index in [0.29, 0.717) is 29.1 Å². The highest BCUT2D eigenvalue weighted by molar-refractivity contribution is 6.02. The number of rotatable bonds is 6. The molecular weight excluding hydrogens is 335 g/mol. The van der Waals surface area contributed by atoms with Crippen molar-refractivity contribution >= 4 is 5.97 Å². The van der Waals surface area contributed by atoms with Crippen LogP contribution in [0.15, 0.2) is 54.7 Å². The number of hydroxylamine groups is 1. The molecular formula is C20H19FN2O3. The smallest absolute Gasteiger partial charge is 0.359 e. The number of H-pyrrole nitrogens is 1. The first-order chi connectivity index (χ1) is 12.7. The molecule has 2 N–H and O–H groups in total. The van der Waals surface area contributed by atoms with Gasteiger partial charge in [0.25, 0.3) is 0 Å². The third-order valence-corrected chi connectivity index (χ3v) is 3.92. The molecule has 6 heteroatoms. The van der Waals surface area contributed by atoms with Crippen molar-refractivity contribution in [2.45, 2.75) is 6.92 Å². The molecule has 3 aromatic rings. The Bertz CT molecular complexity index is 907. The molecule has 0 radical (unpaired) electrons. The van der Waals surface area contributed by atoms with Crippen LogP contribution in [0.1, 0.15) is 17.3 Å². The van der Waals surface area contributed by atoms with E-state index in [1.54, 1.807) is 12.1 Å². The SMILES string of the molecule is CCNOC(=O)c1c[nH]c(-c2c(F)cccc2OC)c1-c1ccccc1. The van der Waals surface area contributed by atoms with E-state index in [4.69, 9.17) is 9.57 Å². The molecule has 0 unspecified atom stereocenters. The molecule has 0 aliphatic heterocycles. The second-order valence-electron chi connectivity index (χ2n) is 5.52. The number of carbonyl (C=O) groups is 1. The van der Waals surface area contributed by atoms with Crippen molar-refractivity contribution in [2.75, 3.05) is 13.7 Å². The Labute approximate surface area is 150 Å². The third kappa shape index (κ3) is 3.32. The van der Waals surface area contributed by atoms with Crippen LogP contribution in [-0.2, 0) is 4.84 Å². The van der Waals surface area contributed by atoms with Crippen LogP contribution >= 0.6 is 0 Å². The van der Waals surface area contributed by atoms with Crippen molar-refractivity contribution in [3.63, 3.8) is 0 Å². The van der Waals surface area contributed by atoms with Gasteiger partial charge in [-0.3, -0.25) is 0 Å². The van der Waals surface area contributed by atoms with Crippen LogP contribution in [0.5, 0.6) is 5.75 Å². The molecule has 134 valence electrons. The van der Waals surface area contributed by atoms with Crippen molar-refractivity contribution in [1.29, 1.82) is 0 Å². The first-order valence-electron chi connectivity index (χ1n) is 8.21. The first kappa shape index (κ1) is 17.7. The summed E-state index contributed by atoms with van der Waals surface area (Å²) in [7, 11) is 1.48. The minimum Gasteiger partial charge on any atom is -0.496 e. The second-order valence-corrected chi connectivity index (χ2v) is 5.52. The molecule has 0 atom stereocenters. The van der Waals surface area contributed by atoms with Gasteiger partial charge >= 0.3 is 5.97 Å². The number of aromatic amines is 1. The van der Waals surface area contributed by atoms with E-state index in [-0.39, 0.29) is 5.56 Å². The Kier molecular flexibility index (Phi) is 5.34. The number of hydrogen-bond acceptors (Lipinski definition) is 4. The first-order valence-corrected chi connectivity index (χ1v) is 8.21. The molecule has 0 fully saturated rings. The molecule has 1 aromatic heterocycles. The van der Waals surface area contributed by atoms with Gasteiger partial charge in [0.05, 0.1) is 23.9 Å². The number of aromatic nitrogens is 1. The fourth-order valence-corrected chi connectivity index (χ4v) is 2.80. The van der Waals surface area contributed by atoms with Crippen LogP contribution in [0, 0.1) is 5.82 Å². The van der Waals surface area contributed by atoms with E-state index in [0.717, 1.165) is 5.56 Å². The lowest BCUT2D eigenvalue weighted by Gasteiger charge is -2.12. The maximum atomic E-state index is 14.6. The van der Waals surface area contributed by atoms with Crippen molar-refractivity contribution < 1.29 is 18.8 Å². The fraction of sp³-hybridized carbons (Fsp3) is 0.150. The summed E-state index contributed by atoms with van der Waals surface area (Å²) in [4.78, 5) is 20.5. The number of nitrogens with one attached hydrogen (secondary N) is 2. The average Bonchev–Trinajstić information content (AvgIpc) is 3.11. The topological polar surface area (TPSA) is 63.3 Å². The summed E-state index contributed by atoms with van der Waals surface area (Å²) < 4.78 is 19.9. The van der Waals surface area contributed by atoms with Gasteiger partial charge < -0.3 is 14.6 Å². The molecule has 1 heterocycles. The monoisotopic (exact) mass is 354 g/mol. The fourth-order valence-electron chi connectivity index (χ4n) is 2.80. The van der Waals surface area contributed by atoms with Gasteiger partial charge in [0.2, 0.25) is 0 Å². The normalized spacial score (nSPS) is 10.6. The van der Waals surface area contributed by atoms with Gasteiger partial charge in [0.1, 0.15) is 11.6 Å². The zero-order valence-corrected chi connectivity index (χ0v) is 14.5. The zero-order valence-electron chi connectivity index (χ0n) is 14.5. The summed E-state index contributed by atoms with van der Waals surface area (Å²) in [6.45, 7) is 2.29. The van der Waals surface area contributed by atoms with Gasteiger partial charge in [-0.2, -0.15) is 5.48 Å². The summed E-state index contributed by atoms with van der Waals surface area (Å²) in [6, 6.07) is 13.9. The van der Waals surface area contributed by atoms with E-state index in [1.165, 1.54) is 19.4 Å². The van der Waals surface area contributed by atoms with E-state index in [1.807, 2.05) is 37.3 Å². The van der Waals surface area contributed by atoms with Gasteiger partial charge in [0.15, 0.2) is 0 Å². The van der Waals surface area contributed by atoms with Crippen LogP contribution in [0.4, 0.5) is 4.39 Å². The predicted molar refractivity (Wildman–Crippen MR) is 97.3 cm³/mol. The lowest BCUT2D eigenvalue weighted by molar-refractivity contribution is 0.0267. The largest absolute Gasteiger partial charge is 0.496 e. The molecule has 5 nitrogen and oxygen atoms in total. The zero-order chi connectivity index (χ0) is 18.5. The summed E-state index contributed by atoms with van der Waals surface area (Å²) in [5.74, 6) is -0.630. The lowest BCUT2D eigenvalue weighted by Crippen LogP contribution is -2.19. The molecule has 2 aromatic carbocycles.